The number of rotatable bonds is 8. The van der Waals surface area contributed by atoms with Crippen LogP contribution in [-0.4, -0.2) is 55.7 Å². The van der Waals surface area contributed by atoms with Crippen molar-refractivity contribution in [2.75, 3.05) is 26.7 Å². The molecule has 0 spiro atoms. The van der Waals surface area contributed by atoms with Crippen molar-refractivity contribution >= 4 is 35.8 Å². The van der Waals surface area contributed by atoms with Crippen LogP contribution >= 0.6 is 24.0 Å². The van der Waals surface area contributed by atoms with Crippen molar-refractivity contribution in [3.05, 3.63) is 23.8 Å². The Bertz CT molecular complexity index is 766. The highest BCUT2D eigenvalue weighted by Crippen LogP contribution is 2.30. The fourth-order valence-electron chi connectivity index (χ4n) is 4.21. The second-order valence-corrected chi connectivity index (χ2v) is 8.76. The molecule has 1 aromatic rings. The van der Waals surface area contributed by atoms with E-state index in [9.17, 15) is 4.79 Å². The molecule has 1 saturated heterocycles. The molecule has 1 atom stereocenters. The summed E-state index contributed by atoms with van der Waals surface area (Å²) < 4.78 is 11.7. The predicted molar refractivity (Wildman–Crippen MR) is 139 cm³/mol. The summed E-state index contributed by atoms with van der Waals surface area (Å²) in [7, 11) is 1.68. The van der Waals surface area contributed by atoms with Gasteiger partial charge in [-0.05, 0) is 51.2 Å². The number of nitrogens with one attached hydrogen (secondary N) is 2. The van der Waals surface area contributed by atoms with E-state index >= 15 is 0 Å². The Morgan fingerprint density at radius 3 is 2.66 bits per heavy atom. The zero-order valence-corrected chi connectivity index (χ0v) is 22.2. The number of likely N-dealkylation sites (tertiary alicyclic amines) is 1. The third-order valence-corrected chi connectivity index (χ3v) is 5.96. The minimum absolute atomic E-state index is 0. The number of carbonyl (C=O) groups is 1. The van der Waals surface area contributed by atoms with Gasteiger partial charge in [-0.3, -0.25) is 4.79 Å². The Kier molecular flexibility index (Phi) is 10.9. The summed E-state index contributed by atoms with van der Waals surface area (Å²) in [6, 6.07) is 6.18. The number of hydrogen-bond donors (Lipinski definition) is 2. The molecule has 1 aromatic carbocycles. The lowest BCUT2D eigenvalue weighted by Gasteiger charge is -2.20. The highest BCUT2D eigenvalue weighted by molar-refractivity contribution is 14.0. The van der Waals surface area contributed by atoms with Crippen molar-refractivity contribution < 1.29 is 14.3 Å². The summed E-state index contributed by atoms with van der Waals surface area (Å²) in [6.07, 6.45) is 5.89. The number of aliphatic imine (C=N–C) groups is 1. The number of amides is 1. The van der Waals surface area contributed by atoms with E-state index < -0.39 is 0 Å². The minimum atomic E-state index is 0. The second kappa shape index (κ2) is 13.1. The quantitative estimate of drug-likeness (QED) is 0.287. The van der Waals surface area contributed by atoms with Crippen molar-refractivity contribution in [1.82, 2.24) is 15.5 Å². The average molecular weight is 559 g/mol. The van der Waals surface area contributed by atoms with Gasteiger partial charge in [-0.25, -0.2) is 4.99 Å². The van der Waals surface area contributed by atoms with Crippen LogP contribution < -0.4 is 20.1 Å². The SMILES string of the molecule is CCNC(=NCc1ccc(OC)cc1OC1CCCC1)NC1CCN(C(=O)C(C)C)C1.I. The number of hydrogen-bond acceptors (Lipinski definition) is 4. The van der Waals surface area contributed by atoms with Gasteiger partial charge >= 0.3 is 0 Å². The maximum Gasteiger partial charge on any atom is 0.225 e. The predicted octanol–water partition coefficient (Wildman–Crippen LogP) is 3.95. The lowest BCUT2D eigenvalue weighted by molar-refractivity contribution is -0.133. The number of nitrogens with zero attached hydrogens (tertiary/aromatic N) is 2. The van der Waals surface area contributed by atoms with Gasteiger partial charge in [0.15, 0.2) is 5.96 Å². The van der Waals surface area contributed by atoms with Crippen LogP contribution in [0.2, 0.25) is 0 Å². The van der Waals surface area contributed by atoms with Crippen molar-refractivity contribution in [2.24, 2.45) is 10.9 Å². The molecule has 0 radical (unpaired) electrons. The summed E-state index contributed by atoms with van der Waals surface area (Å²) in [6.45, 7) is 8.78. The number of ether oxygens (including phenoxy) is 2. The molecule has 180 valence electrons. The average Bonchev–Trinajstić information content (AvgIpc) is 3.44. The van der Waals surface area contributed by atoms with E-state index in [1.807, 2.05) is 36.9 Å². The number of halogens is 1. The molecule has 2 N–H and O–H groups in total. The van der Waals surface area contributed by atoms with Crippen LogP contribution in [-0.2, 0) is 11.3 Å². The zero-order valence-electron chi connectivity index (χ0n) is 19.9. The van der Waals surface area contributed by atoms with Crippen LogP contribution in [0.3, 0.4) is 0 Å². The number of carbonyl (C=O) groups excluding carboxylic acids is 1. The van der Waals surface area contributed by atoms with Crippen LogP contribution in [0.5, 0.6) is 11.5 Å². The molecule has 1 heterocycles. The maximum atomic E-state index is 12.3. The van der Waals surface area contributed by atoms with Crippen molar-refractivity contribution in [2.45, 2.75) is 71.6 Å². The first kappa shape index (κ1) is 26.5. The van der Waals surface area contributed by atoms with E-state index in [2.05, 4.69) is 17.6 Å². The Morgan fingerprint density at radius 2 is 2.00 bits per heavy atom. The molecule has 3 rings (SSSR count). The maximum absolute atomic E-state index is 12.3. The van der Waals surface area contributed by atoms with Gasteiger partial charge < -0.3 is 25.0 Å². The minimum Gasteiger partial charge on any atom is -0.497 e. The molecule has 0 aromatic heterocycles. The molecule has 1 aliphatic heterocycles. The summed E-state index contributed by atoms with van der Waals surface area (Å²) >= 11 is 0. The molecule has 2 fully saturated rings. The van der Waals surface area contributed by atoms with E-state index in [-0.39, 0.29) is 47.9 Å². The summed E-state index contributed by atoms with van der Waals surface area (Å²) in [5.41, 5.74) is 1.05. The third-order valence-electron chi connectivity index (χ3n) is 5.96. The summed E-state index contributed by atoms with van der Waals surface area (Å²) in [5.74, 6) is 2.69. The largest absolute Gasteiger partial charge is 0.497 e. The number of benzene rings is 1. The lowest BCUT2D eigenvalue weighted by Crippen LogP contribution is -2.45. The molecule has 0 bridgehead atoms. The van der Waals surface area contributed by atoms with Gasteiger partial charge in [0.25, 0.3) is 0 Å². The Balaban J connectivity index is 0.00000363. The van der Waals surface area contributed by atoms with E-state index in [1.54, 1.807) is 7.11 Å². The second-order valence-electron chi connectivity index (χ2n) is 8.76. The first-order chi connectivity index (χ1) is 15.0. The van der Waals surface area contributed by atoms with Gasteiger partial charge in [-0.1, -0.05) is 13.8 Å². The smallest absolute Gasteiger partial charge is 0.225 e. The lowest BCUT2D eigenvalue weighted by atomic mass is 10.2. The van der Waals surface area contributed by atoms with Crippen LogP contribution in [0.15, 0.2) is 23.2 Å². The van der Waals surface area contributed by atoms with Gasteiger partial charge in [-0.2, -0.15) is 0 Å². The van der Waals surface area contributed by atoms with E-state index in [1.165, 1.54) is 12.8 Å². The Morgan fingerprint density at radius 1 is 1.25 bits per heavy atom. The molecule has 8 heteroatoms. The summed E-state index contributed by atoms with van der Waals surface area (Å²) in [4.78, 5) is 19.0. The van der Waals surface area contributed by atoms with Crippen LogP contribution in [0.4, 0.5) is 0 Å². The van der Waals surface area contributed by atoms with Crippen molar-refractivity contribution in [1.29, 1.82) is 0 Å². The van der Waals surface area contributed by atoms with Crippen molar-refractivity contribution in [3.63, 3.8) is 0 Å². The van der Waals surface area contributed by atoms with Crippen LogP contribution in [0.25, 0.3) is 0 Å². The van der Waals surface area contributed by atoms with E-state index in [0.717, 1.165) is 61.9 Å². The van der Waals surface area contributed by atoms with Crippen LogP contribution in [0, 0.1) is 5.92 Å². The fraction of sp³-hybridized carbons (Fsp3) is 0.667. The standard InChI is InChI=1S/C24H38N4O3.HI/c1-5-25-24(27-19-12-13-28(16-19)23(29)17(2)3)26-15-18-10-11-21(30-4)14-22(18)31-20-8-6-7-9-20;/h10-11,14,17,19-20H,5-9,12-13,15-16H2,1-4H3,(H2,25,26,27);1H. The van der Waals surface area contributed by atoms with Crippen LogP contribution in [0.1, 0.15) is 58.4 Å². The van der Waals surface area contributed by atoms with Gasteiger partial charge in [0.2, 0.25) is 5.91 Å². The van der Waals surface area contributed by atoms with E-state index in [4.69, 9.17) is 14.5 Å². The number of guanidine groups is 1. The molecular weight excluding hydrogens is 519 g/mol. The molecule has 1 amide bonds. The highest BCUT2D eigenvalue weighted by Gasteiger charge is 2.28. The van der Waals surface area contributed by atoms with Gasteiger partial charge in [-0.15, -0.1) is 24.0 Å². The Hall–Kier alpha value is -1.71. The van der Waals surface area contributed by atoms with Crippen molar-refractivity contribution in [3.8, 4) is 11.5 Å². The summed E-state index contributed by atoms with van der Waals surface area (Å²) in [5, 5.41) is 6.84. The topological polar surface area (TPSA) is 75.2 Å². The van der Waals surface area contributed by atoms with Gasteiger partial charge in [0.05, 0.1) is 19.8 Å². The molecule has 32 heavy (non-hydrogen) atoms. The first-order valence-electron chi connectivity index (χ1n) is 11.7. The fourth-order valence-corrected chi connectivity index (χ4v) is 4.21. The first-order valence-corrected chi connectivity index (χ1v) is 11.7. The van der Waals surface area contributed by atoms with E-state index in [0.29, 0.717) is 6.54 Å². The molecule has 1 saturated carbocycles. The Labute approximate surface area is 209 Å². The number of methoxy groups -OCH3 is 1. The molecule has 1 unspecified atom stereocenters. The van der Waals surface area contributed by atoms with Gasteiger partial charge in [0.1, 0.15) is 11.5 Å². The molecule has 1 aliphatic carbocycles. The van der Waals surface area contributed by atoms with Gasteiger partial charge in [0, 0.05) is 43.2 Å². The third kappa shape index (κ3) is 7.42. The zero-order chi connectivity index (χ0) is 22.2. The monoisotopic (exact) mass is 558 g/mol. The molecular formula is C24H39IN4O3. The highest BCUT2D eigenvalue weighted by atomic mass is 127. The molecule has 7 nitrogen and oxygen atoms in total. The normalized spacial score (nSPS) is 19.1. The molecule has 2 aliphatic rings.